The lowest BCUT2D eigenvalue weighted by atomic mass is 9.90. The molecule has 1 atom stereocenters. The molecule has 1 fully saturated rings. The number of aryl methyl sites for hydroxylation is 1. The zero-order valence-electron chi connectivity index (χ0n) is 11.2. The van der Waals surface area contributed by atoms with Crippen LogP contribution >= 0.6 is 0 Å². The number of rotatable bonds is 4. The van der Waals surface area contributed by atoms with Crippen LogP contribution < -0.4 is 0 Å². The van der Waals surface area contributed by atoms with E-state index in [1.54, 1.807) is 6.92 Å². The van der Waals surface area contributed by atoms with Crippen LogP contribution in [0.1, 0.15) is 48.7 Å². The minimum atomic E-state index is -1.09. The summed E-state index contributed by atoms with van der Waals surface area (Å²) in [5.41, 5.74) is -0.460. The van der Waals surface area contributed by atoms with Gasteiger partial charge in [0.15, 0.2) is 0 Å². The van der Waals surface area contributed by atoms with Crippen molar-refractivity contribution in [2.75, 3.05) is 6.54 Å². The number of hydrogen-bond donors (Lipinski definition) is 1. The van der Waals surface area contributed by atoms with Crippen molar-refractivity contribution in [3.8, 4) is 0 Å². The maximum atomic E-state index is 12.5. The van der Waals surface area contributed by atoms with Gasteiger partial charge in [0.1, 0.15) is 5.54 Å². The highest BCUT2D eigenvalue weighted by atomic mass is 16.5. The van der Waals surface area contributed by atoms with E-state index in [2.05, 4.69) is 5.16 Å². The van der Waals surface area contributed by atoms with Crippen LogP contribution in [0, 0.1) is 6.92 Å². The maximum Gasteiger partial charge on any atom is 0.329 e. The first-order valence-electron chi connectivity index (χ1n) is 6.49. The van der Waals surface area contributed by atoms with Crippen molar-refractivity contribution < 1.29 is 19.2 Å². The van der Waals surface area contributed by atoms with Gasteiger partial charge in [0.2, 0.25) is 5.76 Å². The Balaban J connectivity index is 2.35. The molecule has 1 aliphatic rings. The summed E-state index contributed by atoms with van der Waals surface area (Å²) in [6.07, 6.45) is 3.83. The Bertz CT molecular complexity index is 497. The number of carbonyl (C=O) groups excluding carboxylic acids is 1. The van der Waals surface area contributed by atoms with Gasteiger partial charge in [0.05, 0.1) is 6.20 Å². The van der Waals surface area contributed by atoms with Crippen LogP contribution in [-0.4, -0.2) is 39.1 Å². The molecular weight excluding hydrogens is 248 g/mol. The second kappa shape index (κ2) is 5.03. The van der Waals surface area contributed by atoms with E-state index < -0.39 is 11.5 Å². The van der Waals surface area contributed by atoms with Crippen LogP contribution in [0.5, 0.6) is 0 Å². The fourth-order valence-electron chi connectivity index (χ4n) is 2.80. The molecule has 6 nitrogen and oxygen atoms in total. The third-order valence-corrected chi connectivity index (χ3v) is 3.74. The molecule has 1 amide bonds. The van der Waals surface area contributed by atoms with Crippen molar-refractivity contribution in [3.63, 3.8) is 0 Å². The summed E-state index contributed by atoms with van der Waals surface area (Å²) in [7, 11) is 0. The molecule has 0 saturated carbocycles. The lowest BCUT2D eigenvalue weighted by Crippen LogP contribution is -2.53. The summed E-state index contributed by atoms with van der Waals surface area (Å²) >= 11 is 0. The molecule has 0 aromatic carbocycles. The molecule has 104 valence electrons. The number of nitrogens with zero attached hydrogens (tertiary/aromatic N) is 2. The van der Waals surface area contributed by atoms with Crippen molar-refractivity contribution >= 4 is 11.9 Å². The predicted octanol–water partition coefficient (Wildman–Crippen LogP) is 1.84. The Kier molecular flexibility index (Phi) is 3.59. The van der Waals surface area contributed by atoms with Crippen molar-refractivity contribution in [1.29, 1.82) is 0 Å². The second-order valence-electron chi connectivity index (χ2n) is 4.99. The first-order chi connectivity index (χ1) is 9.03. The molecular formula is C13H18N2O4. The van der Waals surface area contributed by atoms with E-state index in [0.717, 1.165) is 0 Å². The number of carboxylic acids is 1. The number of amides is 1. The molecule has 6 heteroatoms. The van der Waals surface area contributed by atoms with Crippen LogP contribution in [0.15, 0.2) is 10.7 Å². The third-order valence-electron chi connectivity index (χ3n) is 3.74. The van der Waals surface area contributed by atoms with Crippen LogP contribution in [0.25, 0.3) is 0 Å². The first-order valence-corrected chi connectivity index (χ1v) is 6.49. The van der Waals surface area contributed by atoms with Crippen LogP contribution in [-0.2, 0) is 4.79 Å². The topological polar surface area (TPSA) is 83.6 Å². The van der Waals surface area contributed by atoms with E-state index >= 15 is 0 Å². The fourth-order valence-corrected chi connectivity index (χ4v) is 2.80. The van der Waals surface area contributed by atoms with Gasteiger partial charge in [0.25, 0.3) is 5.91 Å². The van der Waals surface area contributed by atoms with Crippen molar-refractivity contribution in [3.05, 3.63) is 17.5 Å². The maximum absolute atomic E-state index is 12.5. The molecule has 1 aromatic rings. The minimum Gasteiger partial charge on any atom is -0.479 e. The normalized spacial score (nSPS) is 22.7. The highest BCUT2D eigenvalue weighted by molar-refractivity contribution is 5.97. The quantitative estimate of drug-likeness (QED) is 0.899. The zero-order chi connectivity index (χ0) is 14.0. The van der Waals surface area contributed by atoms with Crippen molar-refractivity contribution in [1.82, 2.24) is 10.1 Å². The SMILES string of the molecule is CCCC1(C(=O)O)CCCN1C(=O)c1oncc1C. The summed E-state index contributed by atoms with van der Waals surface area (Å²) in [6.45, 7) is 4.10. The molecule has 0 aliphatic carbocycles. The molecule has 1 aliphatic heterocycles. The van der Waals surface area contributed by atoms with E-state index in [4.69, 9.17) is 4.52 Å². The smallest absolute Gasteiger partial charge is 0.329 e. The molecule has 0 radical (unpaired) electrons. The average molecular weight is 266 g/mol. The van der Waals surface area contributed by atoms with Crippen LogP contribution in [0.4, 0.5) is 0 Å². The summed E-state index contributed by atoms with van der Waals surface area (Å²) < 4.78 is 4.96. The molecule has 1 unspecified atom stereocenters. The van der Waals surface area contributed by atoms with Gasteiger partial charge in [-0.2, -0.15) is 0 Å². The van der Waals surface area contributed by atoms with E-state index in [1.807, 2.05) is 6.92 Å². The highest BCUT2D eigenvalue weighted by Crippen LogP contribution is 2.35. The molecule has 0 spiro atoms. The van der Waals surface area contributed by atoms with Gasteiger partial charge in [-0.25, -0.2) is 4.79 Å². The van der Waals surface area contributed by atoms with E-state index in [0.29, 0.717) is 37.8 Å². The van der Waals surface area contributed by atoms with Gasteiger partial charge >= 0.3 is 5.97 Å². The summed E-state index contributed by atoms with van der Waals surface area (Å²) in [4.78, 5) is 25.5. The molecule has 2 rings (SSSR count). The van der Waals surface area contributed by atoms with Gasteiger partial charge in [-0.15, -0.1) is 0 Å². The standard InChI is InChI=1S/C13H18N2O4/c1-3-5-13(12(17)18)6-4-7-15(13)11(16)10-9(2)8-14-19-10/h8H,3-7H2,1-2H3,(H,17,18). The first kappa shape index (κ1) is 13.6. The summed E-state index contributed by atoms with van der Waals surface area (Å²) in [6, 6.07) is 0. The van der Waals surface area contributed by atoms with Gasteiger partial charge in [-0.05, 0) is 26.2 Å². The molecule has 1 aromatic heterocycles. The lowest BCUT2D eigenvalue weighted by molar-refractivity contribution is -0.148. The minimum absolute atomic E-state index is 0.142. The number of hydrogen-bond acceptors (Lipinski definition) is 4. The van der Waals surface area contributed by atoms with Gasteiger partial charge in [0, 0.05) is 12.1 Å². The molecule has 19 heavy (non-hydrogen) atoms. The molecule has 1 N–H and O–H groups in total. The Morgan fingerprint density at radius 3 is 2.84 bits per heavy atom. The van der Waals surface area contributed by atoms with Gasteiger partial charge in [-0.1, -0.05) is 18.5 Å². The second-order valence-corrected chi connectivity index (χ2v) is 4.99. The fraction of sp³-hybridized carbons (Fsp3) is 0.615. The van der Waals surface area contributed by atoms with Gasteiger partial charge < -0.3 is 14.5 Å². The number of aromatic nitrogens is 1. The van der Waals surface area contributed by atoms with Crippen LogP contribution in [0.3, 0.4) is 0 Å². The lowest BCUT2D eigenvalue weighted by Gasteiger charge is -2.34. The Morgan fingerprint density at radius 2 is 2.32 bits per heavy atom. The third kappa shape index (κ3) is 2.11. The summed E-state index contributed by atoms with van der Waals surface area (Å²) in [5.74, 6) is -1.16. The van der Waals surface area contributed by atoms with E-state index in [-0.39, 0.29) is 11.7 Å². The predicted molar refractivity (Wildman–Crippen MR) is 66.8 cm³/mol. The highest BCUT2D eigenvalue weighted by Gasteiger charge is 2.50. The molecule has 2 heterocycles. The average Bonchev–Trinajstić information content (AvgIpc) is 2.96. The number of aliphatic carboxylic acids is 1. The van der Waals surface area contributed by atoms with Gasteiger partial charge in [-0.3, -0.25) is 4.79 Å². The van der Waals surface area contributed by atoms with Crippen molar-refractivity contribution in [2.45, 2.75) is 45.1 Å². The Labute approximate surface area is 111 Å². The number of carbonyl (C=O) groups is 2. The van der Waals surface area contributed by atoms with Crippen molar-refractivity contribution in [2.24, 2.45) is 0 Å². The Morgan fingerprint density at radius 1 is 1.58 bits per heavy atom. The Hall–Kier alpha value is -1.85. The zero-order valence-corrected chi connectivity index (χ0v) is 11.2. The largest absolute Gasteiger partial charge is 0.479 e. The monoisotopic (exact) mass is 266 g/mol. The number of likely N-dealkylation sites (tertiary alicyclic amines) is 1. The van der Waals surface area contributed by atoms with E-state index in [9.17, 15) is 14.7 Å². The molecule has 1 saturated heterocycles. The summed E-state index contributed by atoms with van der Waals surface area (Å²) in [5, 5.41) is 13.1. The molecule has 0 bridgehead atoms. The van der Waals surface area contributed by atoms with E-state index in [1.165, 1.54) is 11.1 Å². The van der Waals surface area contributed by atoms with Crippen LogP contribution in [0.2, 0.25) is 0 Å². The number of carboxylic acid groups (broad SMARTS) is 1.